The number of aliphatic hydroxyl groups excluding tert-OH is 1. The third-order valence-corrected chi connectivity index (χ3v) is 4.39. The number of benzene rings is 1. The molecule has 3 heteroatoms. The molecule has 1 aliphatic heterocycles. The number of hydrogen-bond acceptors (Lipinski definition) is 2. The lowest BCUT2D eigenvalue weighted by Gasteiger charge is -2.19. The van der Waals surface area contributed by atoms with Crippen LogP contribution in [0.3, 0.4) is 0 Å². The first-order valence-electron chi connectivity index (χ1n) is 7.35. The zero-order chi connectivity index (χ0) is 13.7. The van der Waals surface area contributed by atoms with Crippen LogP contribution in [0.2, 0.25) is 5.02 Å². The van der Waals surface area contributed by atoms with Crippen molar-refractivity contribution in [3.8, 4) is 0 Å². The smallest absolute Gasteiger partial charge is 0.0816 e. The molecule has 1 saturated heterocycles. The van der Waals surface area contributed by atoms with Crippen LogP contribution in [0.15, 0.2) is 24.3 Å². The number of halogens is 1. The van der Waals surface area contributed by atoms with Crippen molar-refractivity contribution < 1.29 is 5.11 Å². The molecule has 2 nitrogen and oxygen atoms in total. The van der Waals surface area contributed by atoms with E-state index in [1.165, 1.54) is 32.4 Å². The molecule has 0 amide bonds. The second-order valence-electron chi connectivity index (χ2n) is 5.57. The molecular weight excluding hydrogens is 258 g/mol. The molecule has 1 aliphatic rings. The van der Waals surface area contributed by atoms with Crippen molar-refractivity contribution in [2.75, 3.05) is 19.6 Å². The number of rotatable bonds is 6. The first-order valence-corrected chi connectivity index (χ1v) is 7.73. The summed E-state index contributed by atoms with van der Waals surface area (Å²) in [6.07, 6.45) is 4.25. The molecule has 1 fully saturated rings. The van der Waals surface area contributed by atoms with Gasteiger partial charge in [0.1, 0.15) is 0 Å². The Morgan fingerprint density at radius 2 is 2.21 bits per heavy atom. The summed E-state index contributed by atoms with van der Waals surface area (Å²) in [6.45, 7) is 5.60. The molecule has 2 atom stereocenters. The topological polar surface area (TPSA) is 23.5 Å². The molecule has 2 rings (SSSR count). The average Bonchev–Trinajstić information content (AvgIpc) is 2.85. The van der Waals surface area contributed by atoms with E-state index >= 15 is 0 Å². The predicted molar refractivity (Wildman–Crippen MR) is 80.5 cm³/mol. The Morgan fingerprint density at radius 1 is 1.42 bits per heavy atom. The zero-order valence-corrected chi connectivity index (χ0v) is 12.4. The third kappa shape index (κ3) is 4.20. The average molecular weight is 282 g/mol. The number of likely N-dealkylation sites (tertiary alicyclic amines) is 1. The fourth-order valence-electron chi connectivity index (χ4n) is 2.97. The highest BCUT2D eigenvalue weighted by atomic mass is 35.5. The van der Waals surface area contributed by atoms with Gasteiger partial charge in [-0.05, 0) is 43.4 Å². The molecule has 19 heavy (non-hydrogen) atoms. The van der Waals surface area contributed by atoms with E-state index in [1.54, 1.807) is 0 Å². The monoisotopic (exact) mass is 281 g/mol. The molecule has 0 bridgehead atoms. The maximum absolute atomic E-state index is 10.2. The first-order chi connectivity index (χ1) is 9.20. The van der Waals surface area contributed by atoms with E-state index in [0.29, 0.717) is 5.02 Å². The van der Waals surface area contributed by atoms with Gasteiger partial charge in [0.25, 0.3) is 0 Å². The van der Waals surface area contributed by atoms with Gasteiger partial charge in [-0.1, -0.05) is 43.1 Å². The normalized spacial score (nSPS) is 21.7. The van der Waals surface area contributed by atoms with E-state index < -0.39 is 6.10 Å². The Bertz CT molecular complexity index is 396. The minimum Gasteiger partial charge on any atom is -0.388 e. The Hall–Kier alpha value is -0.570. The zero-order valence-electron chi connectivity index (χ0n) is 11.7. The molecule has 1 aromatic rings. The molecular formula is C16H24ClNO. The second-order valence-corrected chi connectivity index (χ2v) is 5.98. The fraction of sp³-hybridized carbons (Fsp3) is 0.625. The molecule has 1 heterocycles. The van der Waals surface area contributed by atoms with Crippen molar-refractivity contribution in [3.63, 3.8) is 0 Å². The van der Waals surface area contributed by atoms with Gasteiger partial charge in [-0.15, -0.1) is 0 Å². The van der Waals surface area contributed by atoms with Gasteiger partial charge in [-0.3, -0.25) is 0 Å². The maximum Gasteiger partial charge on any atom is 0.0816 e. The van der Waals surface area contributed by atoms with Gasteiger partial charge in [0.05, 0.1) is 6.10 Å². The summed E-state index contributed by atoms with van der Waals surface area (Å²) in [5.41, 5.74) is 0.855. The van der Waals surface area contributed by atoms with Crippen molar-refractivity contribution in [1.29, 1.82) is 0 Å². The highest BCUT2D eigenvalue weighted by Crippen LogP contribution is 2.26. The summed E-state index contributed by atoms with van der Waals surface area (Å²) >= 11 is 6.11. The van der Waals surface area contributed by atoms with E-state index in [9.17, 15) is 5.11 Å². The van der Waals surface area contributed by atoms with Gasteiger partial charge in [-0.25, -0.2) is 0 Å². The summed E-state index contributed by atoms with van der Waals surface area (Å²) in [5.74, 6) is 0.863. The van der Waals surface area contributed by atoms with Crippen molar-refractivity contribution in [3.05, 3.63) is 34.9 Å². The SMILES string of the molecule is CCCC1CCN(CCC(O)c2ccccc2Cl)C1. The predicted octanol–water partition coefficient (Wildman–Crippen LogP) is 3.89. The molecule has 1 N–H and O–H groups in total. The van der Waals surface area contributed by atoms with Crippen LogP contribution >= 0.6 is 11.6 Å². The third-order valence-electron chi connectivity index (χ3n) is 4.05. The molecule has 0 aliphatic carbocycles. The lowest BCUT2D eigenvalue weighted by atomic mass is 10.0. The molecule has 0 aromatic heterocycles. The minimum atomic E-state index is -0.445. The second kappa shape index (κ2) is 7.28. The van der Waals surface area contributed by atoms with Gasteiger partial charge in [0.2, 0.25) is 0 Å². The van der Waals surface area contributed by atoms with Crippen LogP contribution in [0, 0.1) is 5.92 Å². The molecule has 0 spiro atoms. The molecule has 0 radical (unpaired) electrons. The van der Waals surface area contributed by atoms with Crippen molar-refractivity contribution in [2.45, 2.75) is 38.7 Å². The minimum absolute atomic E-state index is 0.445. The van der Waals surface area contributed by atoms with Crippen LogP contribution in [0.4, 0.5) is 0 Å². The quantitative estimate of drug-likeness (QED) is 0.855. The standard InChI is InChI=1S/C16H24ClNO/c1-2-5-13-8-10-18(12-13)11-9-16(19)14-6-3-4-7-15(14)17/h3-4,6-7,13,16,19H,2,5,8-12H2,1H3. The highest BCUT2D eigenvalue weighted by molar-refractivity contribution is 6.31. The summed E-state index contributed by atoms with van der Waals surface area (Å²) in [4.78, 5) is 2.47. The summed E-state index contributed by atoms with van der Waals surface area (Å²) in [7, 11) is 0. The van der Waals surface area contributed by atoms with Gasteiger partial charge in [-0.2, -0.15) is 0 Å². The Balaban J connectivity index is 1.78. The van der Waals surface area contributed by atoms with Crippen LogP contribution in [-0.4, -0.2) is 29.6 Å². The van der Waals surface area contributed by atoms with Crippen LogP contribution in [0.5, 0.6) is 0 Å². The van der Waals surface area contributed by atoms with E-state index in [0.717, 1.165) is 24.4 Å². The van der Waals surface area contributed by atoms with Gasteiger partial charge in [0.15, 0.2) is 0 Å². The Labute approximate surface area is 121 Å². The maximum atomic E-state index is 10.2. The van der Waals surface area contributed by atoms with Gasteiger partial charge in [0, 0.05) is 18.1 Å². The lowest BCUT2D eigenvalue weighted by molar-refractivity contribution is 0.148. The molecule has 1 aromatic carbocycles. The van der Waals surface area contributed by atoms with Crippen LogP contribution in [-0.2, 0) is 0 Å². The molecule has 106 valence electrons. The summed E-state index contributed by atoms with van der Waals surface area (Å²) < 4.78 is 0. The highest BCUT2D eigenvalue weighted by Gasteiger charge is 2.22. The van der Waals surface area contributed by atoms with Crippen LogP contribution < -0.4 is 0 Å². The molecule has 2 unspecified atom stereocenters. The largest absolute Gasteiger partial charge is 0.388 e. The summed E-state index contributed by atoms with van der Waals surface area (Å²) in [6, 6.07) is 7.58. The fourth-order valence-corrected chi connectivity index (χ4v) is 3.23. The van der Waals surface area contributed by atoms with Crippen LogP contribution in [0.1, 0.15) is 44.3 Å². The Kier molecular flexibility index (Phi) is 5.68. The number of aliphatic hydroxyl groups is 1. The van der Waals surface area contributed by atoms with E-state index in [1.807, 2.05) is 24.3 Å². The van der Waals surface area contributed by atoms with Crippen molar-refractivity contribution in [1.82, 2.24) is 4.90 Å². The van der Waals surface area contributed by atoms with Crippen LogP contribution in [0.25, 0.3) is 0 Å². The number of hydrogen-bond donors (Lipinski definition) is 1. The summed E-state index contributed by atoms with van der Waals surface area (Å²) in [5, 5.41) is 10.9. The number of nitrogens with zero attached hydrogens (tertiary/aromatic N) is 1. The first kappa shape index (κ1) is 14.8. The van der Waals surface area contributed by atoms with E-state index in [2.05, 4.69) is 11.8 Å². The lowest BCUT2D eigenvalue weighted by Crippen LogP contribution is -2.23. The van der Waals surface area contributed by atoms with Crippen molar-refractivity contribution in [2.24, 2.45) is 5.92 Å². The van der Waals surface area contributed by atoms with E-state index in [-0.39, 0.29) is 0 Å². The Morgan fingerprint density at radius 3 is 2.95 bits per heavy atom. The van der Waals surface area contributed by atoms with E-state index in [4.69, 9.17) is 11.6 Å². The van der Waals surface area contributed by atoms with Crippen molar-refractivity contribution >= 4 is 11.6 Å². The molecule has 0 saturated carbocycles. The van der Waals surface area contributed by atoms with Gasteiger partial charge >= 0.3 is 0 Å². The van der Waals surface area contributed by atoms with Gasteiger partial charge < -0.3 is 10.0 Å².